The van der Waals surface area contributed by atoms with E-state index in [0.717, 1.165) is 25.0 Å². The number of rotatable bonds is 5. The summed E-state index contributed by atoms with van der Waals surface area (Å²) in [7, 11) is 0. The van der Waals surface area contributed by atoms with Crippen molar-refractivity contribution in [3.8, 4) is 0 Å². The highest BCUT2D eigenvalue weighted by Gasteiger charge is 2.07. The zero-order chi connectivity index (χ0) is 12.8. The number of hydrogen-bond acceptors (Lipinski definition) is 2. The van der Waals surface area contributed by atoms with Crippen LogP contribution in [-0.4, -0.2) is 11.0 Å². The Bertz CT molecular complexity index is 479. The fourth-order valence-corrected chi connectivity index (χ4v) is 2.08. The minimum absolute atomic E-state index is 0.179. The monoisotopic (exact) mass is 240 g/mol. The Hall–Kier alpha value is -1.67. The minimum atomic E-state index is 0.179. The van der Waals surface area contributed by atoms with Crippen LogP contribution in [0.4, 0.5) is 0 Å². The zero-order valence-electron chi connectivity index (χ0n) is 10.8. The van der Waals surface area contributed by atoms with Crippen LogP contribution >= 0.6 is 0 Å². The van der Waals surface area contributed by atoms with Crippen molar-refractivity contribution in [3.63, 3.8) is 0 Å². The second-order valence-corrected chi connectivity index (χ2v) is 4.76. The molecule has 0 radical (unpaired) electrons. The number of pyridine rings is 1. The maximum Gasteiger partial charge on any atom is 0.0448 e. The molecule has 1 aromatic heterocycles. The van der Waals surface area contributed by atoms with Crippen molar-refractivity contribution in [2.75, 3.05) is 0 Å². The van der Waals surface area contributed by atoms with E-state index in [1.165, 1.54) is 11.1 Å². The van der Waals surface area contributed by atoms with Gasteiger partial charge in [-0.2, -0.15) is 0 Å². The van der Waals surface area contributed by atoms with Gasteiger partial charge in [0, 0.05) is 24.4 Å². The van der Waals surface area contributed by atoms with E-state index in [2.05, 4.69) is 42.2 Å². The molecule has 2 nitrogen and oxygen atoms in total. The number of nitrogens with two attached hydrogens (primary N) is 1. The first kappa shape index (κ1) is 12.8. The molecule has 0 spiro atoms. The summed E-state index contributed by atoms with van der Waals surface area (Å²) in [6.07, 6.45) is 4.74. The normalized spacial score (nSPS) is 12.3. The summed E-state index contributed by atoms with van der Waals surface area (Å²) < 4.78 is 0. The SMILES string of the molecule is Cc1cccnc1CC(N)CCc1ccccc1. The van der Waals surface area contributed by atoms with Gasteiger partial charge in [-0.15, -0.1) is 0 Å². The molecule has 0 fully saturated rings. The van der Waals surface area contributed by atoms with Crippen LogP contribution in [0.15, 0.2) is 48.7 Å². The highest BCUT2D eigenvalue weighted by atomic mass is 14.7. The average molecular weight is 240 g/mol. The minimum Gasteiger partial charge on any atom is -0.327 e. The molecule has 1 unspecified atom stereocenters. The molecule has 0 amide bonds. The first-order chi connectivity index (χ1) is 8.75. The van der Waals surface area contributed by atoms with E-state index in [0.29, 0.717) is 0 Å². The summed E-state index contributed by atoms with van der Waals surface area (Å²) in [5.41, 5.74) is 9.89. The van der Waals surface area contributed by atoms with E-state index >= 15 is 0 Å². The van der Waals surface area contributed by atoms with Gasteiger partial charge in [0.15, 0.2) is 0 Å². The van der Waals surface area contributed by atoms with Gasteiger partial charge in [-0.25, -0.2) is 0 Å². The first-order valence-corrected chi connectivity index (χ1v) is 6.45. The molecule has 1 atom stereocenters. The van der Waals surface area contributed by atoms with Gasteiger partial charge in [-0.3, -0.25) is 4.98 Å². The van der Waals surface area contributed by atoms with Crippen molar-refractivity contribution < 1.29 is 0 Å². The Morgan fingerprint density at radius 3 is 2.61 bits per heavy atom. The molecule has 2 rings (SSSR count). The maximum absolute atomic E-state index is 6.18. The molecule has 0 aliphatic carbocycles. The summed E-state index contributed by atoms with van der Waals surface area (Å²) in [4.78, 5) is 4.39. The summed E-state index contributed by atoms with van der Waals surface area (Å²) >= 11 is 0. The largest absolute Gasteiger partial charge is 0.327 e. The Morgan fingerprint density at radius 1 is 1.11 bits per heavy atom. The lowest BCUT2D eigenvalue weighted by molar-refractivity contribution is 0.601. The van der Waals surface area contributed by atoms with Crippen LogP contribution in [0.5, 0.6) is 0 Å². The third kappa shape index (κ3) is 3.67. The van der Waals surface area contributed by atoms with E-state index in [9.17, 15) is 0 Å². The fraction of sp³-hybridized carbons (Fsp3) is 0.312. The molecule has 0 saturated carbocycles. The van der Waals surface area contributed by atoms with Crippen molar-refractivity contribution in [2.24, 2.45) is 5.73 Å². The van der Waals surface area contributed by atoms with Gasteiger partial charge in [-0.05, 0) is 37.0 Å². The quantitative estimate of drug-likeness (QED) is 0.872. The van der Waals surface area contributed by atoms with Gasteiger partial charge in [-0.1, -0.05) is 36.4 Å². The maximum atomic E-state index is 6.18. The third-order valence-corrected chi connectivity index (χ3v) is 3.22. The lowest BCUT2D eigenvalue weighted by Crippen LogP contribution is -2.24. The van der Waals surface area contributed by atoms with Crippen LogP contribution in [0.2, 0.25) is 0 Å². The molecule has 94 valence electrons. The van der Waals surface area contributed by atoms with Crippen LogP contribution in [0, 0.1) is 6.92 Å². The molecular formula is C16H20N2. The second kappa shape index (κ2) is 6.31. The molecule has 2 N–H and O–H groups in total. The van der Waals surface area contributed by atoms with Crippen LogP contribution in [0.3, 0.4) is 0 Å². The average Bonchev–Trinajstić information content (AvgIpc) is 2.40. The highest BCUT2D eigenvalue weighted by Crippen LogP contribution is 2.10. The van der Waals surface area contributed by atoms with Gasteiger partial charge in [0.1, 0.15) is 0 Å². The third-order valence-electron chi connectivity index (χ3n) is 3.22. The van der Waals surface area contributed by atoms with Crippen LogP contribution in [-0.2, 0) is 12.8 Å². The van der Waals surface area contributed by atoms with E-state index in [1.807, 2.05) is 18.3 Å². The zero-order valence-corrected chi connectivity index (χ0v) is 10.8. The Kier molecular flexibility index (Phi) is 4.48. The smallest absolute Gasteiger partial charge is 0.0448 e. The van der Waals surface area contributed by atoms with Gasteiger partial charge >= 0.3 is 0 Å². The fourth-order valence-electron chi connectivity index (χ4n) is 2.08. The van der Waals surface area contributed by atoms with Crippen molar-refractivity contribution in [1.82, 2.24) is 4.98 Å². The molecule has 0 aliphatic rings. The molecule has 0 aliphatic heterocycles. The van der Waals surface area contributed by atoms with Gasteiger partial charge in [0.2, 0.25) is 0 Å². The van der Waals surface area contributed by atoms with Gasteiger partial charge in [0.05, 0.1) is 0 Å². The lowest BCUT2D eigenvalue weighted by atomic mass is 10.0. The molecule has 1 aromatic carbocycles. The number of aryl methyl sites for hydroxylation is 2. The van der Waals surface area contributed by atoms with Crippen LogP contribution in [0.25, 0.3) is 0 Å². The Balaban J connectivity index is 1.86. The predicted molar refractivity (Wildman–Crippen MR) is 75.4 cm³/mol. The van der Waals surface area contributed by atoms with Crippen molar-refractivity contribution in [1.29, 1.82) is 0 Å². The highest BCUT2D eigenvalue weighted by molar-refractivity contribution is 5.19. The molecule has 1 heterocycles. The van der Waals surface area contributed by atoms with E-state index in [4.69, 9.17) is 5.73 Å². The van der Waals surface area contributed by atoms with E-state index in [1.54, 1.807) is 0 Å². The summed E-state index contributed by atoms with van der Waals surface area (Å²) in [6, 6.07) is 14.7. The lowest BCUT2D eigenvalue weighted by Gasteiger charge is -2.12. The molecule has 2 aromatic rings. The van der Waals surface area contributed by atoms with Gasteiger partial charge in [0.25, 0.3) is 0 Å². The van der Waals surface area contributed by atoms with Crippen LogP contribution in [0.1, 0.15) is 23.2 Å². The van der Waals surface area contributed by atoms with E-state index in [-0.39, 0.29) is 6.04 Å². The van der Waals surface area contributed by atoms with Crippen molar-refractivity contribution in [3.05, 3.63) is 65.5 Å². The molecule has 0 bridgehead atoms. The van der Waals surface area contributed by atoms with Crippen molar-refractivity contribution in [2.45, 2.75) is 32.2 Å². The number of benzene rings is 1. The molecule has 2 heteroatoms. The standard InChI is InChI=1S/C16H20N2/c1-13-6-5-11-18-16(13)12-15(17)10-9-14-7-3-2-4-8-14/h2-8,11,15H,9-10,12,17H2,1H3. The summed E-state index contributed by atoms with van der Waals surface area (Å²) in [6.45, 7) is 2.09. The Morgan fingerprint density at radius 2 is 1.89 bits per heavy atom. The van der Waals surface area contributed by atoms with E-state index < -0.39 is 0 Å². The molecular weight excluding hydrogens is 220 g/mol. The molecule has 0 saturated heterocycles. The second-order valence-electron chi connectivity index (χ2n) is 4.76. The number of aromatic nitrogens is 1. The van der Waals surface area contributed by atoms with Crippen LogP contribution < -0.4 is 5.73 Å². The summed E-state index contributed by atoms with van der Waals surface area (Å²) in [5.74, 6) is 0. The summed E-state index contributed by atoms with van der Waals surface area (Å²) in [5, 5.41) is 0. The first-order valence-electron chi connectivity index (χ1n) is 6.45. The molecule has 18 heavy (non-hydrogen) atoms. The number of nitrogens with zero attached hydrogens (tertiary/aromatic N) is 1. The topological polar surface area (TPSA) is 38.9 Å². The number of hydrogen-bond donors (Lipinski definition) is 1. The van der Waals surface area contributed by atoms with Crippen molar-refractivity contribution >= 4 is 0 Å². The Labute approximate surface area is 109 Å². The van der Waals surface area contributed by atoms with Gasteiger partial charge < -0.3 is 5.73 Å². The predicted octanol–water partition coefficient (Wildman–Crippen LogP) is 2.89.